The van der Waals surface area contributed by atoms with Crippen molar-refractivity contribution >= 4 is 47.0 Å². The fourth-order valence-electron chi connectivity index (χ4n) is 7.29. The van der Waals surface area contributed by atoms with Crippen LogP contribution in [0.3, 0.4) is 0 Å². The molecule has 2 aliphatic heterocycles. The van der Waals surface area contributed by atoms with Crippen LogP contribution < -0.4 is 10.1 Å². The number of carbonyl (C=O) groups is 2. The number of hydrogen-bond donors (Lipinski definition) is 2. The highest BCUT2D eigenvalue weighted by Crippen LogP contribution is 2.33. The van der Waals surface area contributed by atoms with Gasteiger partial charge >= 0.3 is 6.09 Å². The lowest BCUT2D eigenvalue weighted by molar-refractivity contribution is -0.137. The number of ether oxygens (including phenoxy) is 1. The smallest absolute Gasteiger partial charge is 0.405 e. The minimum atomic E-state index is -1.16. The van der Waals surface area contributed by atoms with Crippen LogP contribution in [0, 0.1) is 5.92 Å². The summed E-state index contributed by atoms with van der Waals surface area (Å²) in [4.78, 5) is 33.5. The van der Waals surface area contributed by atoms with Gasteiger partial charge in [0.1, 0.15) is 18.4 Å². The fraction of sp³-hybridized carbons (Fsp3) is 0.366. The monoisotopic (exact) mass is 760 g/mol. The van der Waals surface area contributed by atoms with E-state index in [-0.39, 0.29) is 11.8 Å². The zero-order valence-corrected chi connectivity index (χ0v) is 31.8. The molecule has 2 heterocycles. The van der Waals surface area contributed by atoms with E-state index in [1.165, 1.54) is 10.5 Å². The summed E-state index contributed by atoms with van der Waals surface area (Å²) in [7, 11) is 0. The predicted molar refractivity (Wildman–Crippen MR) is 211 cm³/mol. The number of carboxylic acid groups (broad SMARTS) is 1. The van der Waals surface area contributed by atoms with E-state index in [9.17, 15) is 14.7 Å². The average Bonchev–Trinajstić information content (AvgIpc) is 3.16. The van der Waals surface area contributed by atoms with Gasteiger partial charge in [-0.1, -0.05) is 77.8 Å². The van der Waals surface area contributed by atoms with E-state index < -0.39 is 12.1 Å². The van der Waals surface area contributed by atoms with Crippen molar-refractivity contribution < 1.29 is 19.4 Å². The zero-order valence-electron chi connectivity index (χ0n) is 29.5. The third-order valence-electron chi connectivity index (χ3n) is 10.1. The molecular formula is C41H46Cl2N4O4S. The van der Waals surface area contributed by atoms with Gasteiger partial charge in [0.05, 0.1) is 0 Å². The number of piperidine rings is 1. The lowest BCUT2D eigenvalue weighted by atomic mass is 9.88. The second kappa shape index (κ2) is 18.3. The summed E-state index contributed by atoms with van der Waals surface area (Å²) >= 11 is 14.8. The summed E-state index contributed by atoms with van der Waals surface area (Å²) < 4.78 is 6.11. The third-order valence-corrected chi connectivity index (χ3v) is 11.4. The summed E-state index contributed by atoms with van der Waals surface area (Å²) in [5.74, 6) is 0.531. The Morgan fingerprint density at radius 3 is 2.31 bits per heavy atom. The van der Waals surface area contributed by atoms with E-state index in [1.54, 1.807) is 11.8 Å². The maximum absolute atomic E-state index is 13.8. The zero-order chi connectivity index (χ0) is 36.5. The Morgan fingerprint density at radius 1 is 0.846 bits per heavy atom. The van der Waals surface area contributed by atoms with Gasteiger partial charge in [0.25, 0.3) is 0 Å². The predicted octanol–water partition coefficient (Wildman–Crippen LogP) is 8.20. The van der Waals surface area contributed by atoms with Crippen LogP contribution in [0.1, 0.15) is 29.5 Å². The summed E-state index contributed by atoms with van der Waals surface area (Å²) in [6, 6.07) is 29.5. The van der Waals surface area contributed by atoms with Gasteiger partial charge in [-0.25, -0.2) is 4.79 Å². The van der Waals surface area contributed by atoms with Crippen molar-refractivity contribution in [2.24, 2.45) is 5.92 Å². The van der Waals surface area contributed by atoms with Crippen LogP contribution in [-0.2, 0) is 24.4 Å². The number of likely N-dealkylation sites (tertiary alicyclic amines) is 1. The molecule has 1 unspecified atom stereocenters. The first-order chi connectivity index (χ1) is 25.2. The Labute approximate surface area is 321 Å². The molecule has 0 saturated carbocycles. The Morgan fingerprint density at radius 2 is 1.58 bits per heavy atom. The molecule has 8 nitrogen and oxygen atoms in total. The fourth-order valence-corrected chi connectivity index (χ4v) is 8.32. The summed E-state index contributed by atoms with van der Waals surface area (Å²) in [5.41, 5.74) is 5.50. The molecule has 0 bridgehead atoms. The van der Waals surface area contributed by atoms with Gasteiger partial charge < -0.3 is 25.0 Å². The Bertz CT molecular complexity index is 1810. The minimum absolute atomic E-state index is 0.0613. The van der Waals surface area contributed by atoms with Crippen molar-refractivity contribution in [1.29, 1.82) is 0 Å². The second-order valence-electron chi connectivity index (χ2n) is 13.5. The maximum Gasteiger partial charge on any atom is 0.405 e. The number of nitrogens with one attached hydrogen (secondary N) is 1. The number of nitrogens with zero attached hydrogens (tertiary/aromatic N) is 3. The van der Waals surface area contributed by atoms with Gasteiger partial charge in [0.15, 0.2) is 0 Å². The molecule has 11 heteroatoms. The molecule has 0 aromatic heterocycles. The summed E-state index contributed by atoms with van der Waals surface area (Å²) in [6.45, 7) is 6.36. The topological polar surface area (TPSA) is 85.3 Å². The van der Waals surface area contributed by atoms with Crippen LogP contribution in [0.4, 0.5) is 4.79 Å². The van der Waals surface area contributed by atoms with Gasteiger partial charge in [-0.15, -0.1) is 11.8 Å². The maximum atomic E-state index is 13.8. The first-order valence-corrected chi connectivity index (χ1v) is 19.8. The molecule has 4 aromatic rings. The van der Waals surface area contributed by atoms with Gasteiger partial charge in [-0.2, -0.15) is 0 Å². The van der Waals surface area contributed by atoms with Gasteiger partial charge in [-0.3, -0.25) is 9.69 Å². The van der Waals surface area contributed by atoms with Crippen LogP contribution in [0.5, 0.6) is 5.75 Å². The van der Waals surface area contributed by atoms with Crippen molar-refractivity contribution in [1.82, 2.24) is 20.0 Å². The molecule has 274 valence electrons. The molecule has 0 radical (unpaired) electrons. The molecular weight excluding hydrogens is 715 g/mol. The highest BCUT2D eigenvalue weighted by Gasteiger charge is 2.36. The van der Waals surface area contributed by atoms with Crippen molar-refractivity contribution in [3.05, 3.63) is 118 Å². The lowest BCUT2D eigenvalue weighted by Crippen LogP contribution is -2.57. The molecule has 2 fully saturated rings. The van der Waals surface area contributed by atoms with Crippen molar-refractivity contribution in [2.45, 2.75) is 43.4 Å². The number of benzene rings is 4. The molecule has 2 saturated heterocycles. The first-order valence-electron chi connectivity index (χ1n) is 17.9. The quantitative estimate of drug-likeness (QED) is 0.133. The Balaban J connectivity index is 1.04. The third kappa shape index (κ3) is 10.2. The van der Waals surface area contributed by atoms with Crippen LogP contribution in [-0.4, -0.2) is 89.9 Å². The lowest BCUT2D eigenvalue weighted by Gasteiger charge is -2.40. The van der Waals surface area contributed by atoms with Crippen LogP contribution >= 0.6 is 35.0 Å². The number of hydrogen-bond acceptors (Lipinski definition) is 6. The number of amides is 2. The highest BCUT2D eigenvalue weighted by atomic mass is 35.5. The van der Waals surface area contributed by atoms with E-state index in [1.807, 2.05) is 71.6 Å². The molecule has 2 N–H and O–H groups in total. The van der Waals surface area contributed by atoms with Crippen molar-refractivity contribution in [2.75, 3.05) is 52.1 Å². The first kappa shape index (κ1) is 38.0. The van der Waals surface area contributed by atoms with E-state index in [0.717, 1.165) is 80.8 Å². The van der Waals surface area contributed by atoms with Crippen molar-refractivity contribution in [3.8, 4) is 16.9 Å². The largest absolute Gasteiger partial charge is 0.489 e. The molecule has 52 heavy (non-hydrogen) atoms. The molecule has 4 aromatic carbocycles. The average molecular weight is 762 g/mol. The number of halogens is 2. The van der Waals surface area contributed by atoms with Gasteiger partial charge in [-0.05, 0) is 109 Å². The number of carbonyl (C=O) groups excluding carboxylic acids is 1. The van der Waals surface area contributed by atoms with Crippen LogP contribution in [0.15, 0.2) is 95.9 Å². The van der Waals surface area contributed by atoms with E-state index >= 15 is 0 Å². The Hall–Kier alpha value is -3.73. The minimum Gasteiger partial charge on any atom is -0.489 e. The molecule has 0 aliphatic carbocycles. The molecule has 2 aliphatic rings. The van der Waals surface area contributed by atoms with Crippen molar-refractivity contribution in [3.63, 3.8) is 0 Å². The Kier molecular flexibility index (Phi) is 13.4. The number of piperazine rings is 1. The number of thioether (sulfide) groups is 1. The van der Waals surface area contributed by atoms with E-state index in [2.05, 4.69) is 45.6 Å². The number of rotatable bonds is 13. The van der Waals surface area contributed by atoms with E-state index in [4.69, 9.17) is 27.9 Å². The summed E-state index contributed by atoms with van der Waals surface area (Å²) in [5, 5.41) is 13.6. The molecule has 6 rings (SSSR count). The molecule has 2 amide bonds. The highest BCUT2D eigenvalue weighted by molar-refractivity contribution is 7.98. The molecule has 0 spiro atoms. The molecule has 1 atom stereocenters. The van der Waals surface area contributed by atoms with Gasteiger partial charge in [0, 0.05) is 54.2 Å². The summed E-state index contributed by atoms with van der Waals surface area (Å²) in [6.07, 6.45) is 3.18. The SMILES string of the molecule is CSc1ccccc1CN1CCN(C(=O)C(NC(=O)O)C2CCN(CCc3cc(Cl)ccc3-c3cc(Cl)cc(OCc4ccccc4)c3)CC2)CC1. The second-order valence-corrected chi connectivity index (χ2v) is 15.2. The van der Waals surface area contributed by atoms with Crippen LogP contribution in [0.2, 0.25) is 10.0 Å². The van der Waals surface area contributed by atoms with Gasteiger partial charge in [0.2, 0.25) is 5.91 Å². The van der Waals surface area contributed by atoms with E-state index in [0.29, 0.717) is 35.5 Å². The standard InChI is InChI=1S/C41H46Cl2N4O4S/c1-52-38-10-6-5-9-32(38)27-46-19-21-47(22-20-46)40(48)39(44-41(49)50)30-13-16-45(17-14-30)18-15-31-23-34(42)11-12-37(31)33-24-35(43)26-36(25-33)51-28-29-7-3-2-4-8-29/h2-12,23-26,30,39,44H,13-22,27-28H2,1H3,(H,49,50). The van der Waals surface area contributed by atoms with Crippen LogP contribution in [0.25, 0.3) is 11.1 Å². The normalized spacial score (nSPS) is 16.4.